The van der Waals surface area contributed by atoms with Gasteiger partial charge in [0.05, 0.1) is 19.8 Å². The smallest absolute Gasteiger partial charge is 0.188 e. The molecule has 2 aromatic rings. The van der Waals surface area contributed by atoms with Crippen LogP contribution in [0, 0.1) is 0 Å². The van der Waals surface area contributed by atoms with Gasteiger partial charge in [-0.1, -0.05) is 30.3 Å². The Balaban J connectivity index is 1.23. The summed E-state index contributed by atoms with van der Waals surface area (Å²) in [6, 6.07) is 15.0. The van der Waals surface area contributed by atoms with Gasteiger partial charge in [0.1, 0.15) is 11.9 Å². The van der Waals surface area contributed by atoms with Crippen LogP contribution in [-0.2, 0) is 17.7 Å². The van der Waals surface area contributed by atoms with Crippen LogP contribution in [0.1, 0.15) is 24.5 Å². The molecule has 0 spiro atoms. The van der Waals surface area contributed by atoms with Crippen molar-refractivity contribution in [2.45, 2.75) is 32.4 Å². The molecule has 30 heavy (non-hydrogen) atoms. The van der Waals surface area contributed by atoms with Gasteiger partial charge in [0.25, 0.3) is 0 Å². The van der Waals surface area contributed by atoms with Crippen LogP contribution in [0.3, 0.4) is 0 Å². The summed E-state index contributed by atoms with van der Waals surface area (Å²) >= 11 is 0. The Labute approximate surface area is 179 Å². The average Bonchev–Trinajstić information content (AvgIpc) is 3.15. The second kappa shape index (κ2) is 9.96. The van der Waals surface area contributed by atoms with E-state index in [9.17, 15) is 0 Å². The van der Waals surface area contributed by atoms with Crippen LogP contribution in [-0.4, -0.2) is 56.4 Å². The number of nitrogens with zero attached hydrogens (tertiary/aromatic N) is 2. The fourth-order valence-corrected chi connectivity index (χ4v) is 3.98. The lowest BCUT2D eigenvalue weighted by Gasteiger charge is -2.26. The van der Waals surface area contributed by atoms with Crippen LogP contribution in [0.15, 0.2) is 47.5 Å². The largest absolute Gasteiger partial charge is 0.490 e. The van der Waals surface area contributed by atoms with Crippen LogP contribution >= 0.6 is 0 Å². The Morgan fingerprint density at radius 1 is 1.13 bits per heavy atom. The number of fused-ring (bicyclic) bond motifs is 1. The molecular weight excluding hydrogens is 376 g/mol. The number of ether oxygens (including phenoxy) is 2. The second-order valence-electron chi connectivity index (χ2n) is 8.09. The van der Waals surface area contributed by atoms with Crippen molar-refractivity contribution in [3.8, 4) is 16.9 Å². The predicted octanol–water partition coefficient (Wildman–Crippen LogP) is 2.80. The SMILES string of the molecule is CC1Cc2cc(-c3ccc(CN=C(N)NCCCN4CCOCC4)cc3)ccc2O1. The van der Waals surface area contributed by atoms with Gasteiger partial charge in [-0.25, -0.2) is 4.99 Å². The minimum atomic E-state index is 0.272. The Hall–Kier alpha value is -2.57. The van der Waals surface area contributed by atoms with E-state index in [1.54, 1.807) is 0 Å². The molecule has 0 aromatic heterocycles. The first kappa shape index (κ1) is 20.7. The van der Waals surface area contributed by atoms with Crippen molar-refractivity contribution in [2.24, 2.45) is 10.7 Å². The molecule has 2 aliphatic heterocycles. The van der Waals surface area contributed by atoms with Crippen molar-refractivity contribution in [3.05, 3.63) is 53.6 Å². The van der Waals surface area contributed by atoms with E-state index in [4.69, 9.17) is 15.2 Å². The van der Waals surface area contributed by atoms with Crippen molar-refractivity contribution in [1.29, 1.82) is 0 Å². The van der Waals surface area contributed by atoms with E-state index in [2.05, 4.69) is 64.6 Å². The van der Waals surface area contributed by atoms with E-state index in [1.807, 2.05) is 0 Å². The summed E-state index contributed by atoms with van der Waals surface area (Å²) in [6.07, 6.45) is 2.30. The molecule has 0 saturated carbocycles. The highest BCUT2D eigenvalue weighted by molar-refractivity contribution is 5.77. The third-order valence-electron chi connectivity index (χ3n) is 5.68. The van der Waals surface area contributed by atoms with Gasteiger partial charge in [-0.2, -0.15) is 0 Å². The lowest BCUT2D eigenvalue weighted by Crippen LogP contribution is -2.39. The number of nitrogens with two attached hydrogens (primary N) is 1. The summed E-state index contributed by atoms with van der Waals surface area (Å²) in [4.78, 5) is 6.90. The molecule has 1 fully saturated rings. The standard InChI is InChI=1S/C24H32N4O2/c1-18-15-22-16-21(7-8-23(22)30-18)20-5-3-19(4-6-20)17-27-24(25)26-9-2-10-28-11-13-29-14-12-28/h3-8,16,18H,2,9-15,17H2,1H3,(H3,25,26,27). The number of hydrogen-bond acceptors (Lipinski definition) is 4. The van der Waals surface area contributed by atoms with Gasteiger partial charge in [-0.05, 0) is 54.3 Å². The maximum absolute atomic E-state index is 6.02. The zero-order chi connectivity index (χ0) is 20.8. The topological polar surface area (TPSA) is 72.1 Å². The maximum atomic E-state index is 6.02. The van der Waals surface area contributed by atoms with Crippen LogP contribution < -0.4 is 15.8 Å². The molecule has 1 saturated heterocycles. The van der Waals surface area contributed by atoms with Crippen LogP contribution in [0.25, 0.3) is 11.1 Å². The number of hydrogen-bond donors (Lipinski definition) is 2. The number of nitrogens with one attached hydrogen (secondary N) is 1. The summed E-state index contributed by atoms with van der Waals surface area (Å²) < 4.78 is 11.2. The van der Waals surface area contributed by atoms with Crippen molar-refractivity contribution in [2.75, 3.05) is 39.4 Å². The number of guanidine groups is 1. The third kappa shape index (κ3) is 5.52. The first-order valence-electron chi connectivity index (χ1n) is 10.9. The monoisotopic (exact) mass is 408 g/mol. The second-order valence-corrected chi connectivity index (χ2v) is 8.09. The molecular formula is C24H32N4O2. The van der Waals surface area contributed by atoms with E-state index >= 15 is 0 Å². The van der Waals surface area contributed by atoms with Crippen molar-refractivity contribution in [1.82, 2.24) is 10.2 Å². The van der Waals surface area contributed by atoms with E-state index in [0.717, 1.165) is 63.5 Å². The average molecular weight is 409 g/mol. The Bertz CT molecular complexity index is 860. The van der Waals surface area contributed by atoms with Gasteiger partial charge in [0.15, 0.2) is 5.96 Å². The molecule has 0 amide bonds. The zero-order valence-corrected chi connectivity index (χ0v) is 17.8. The lowest BCUT2D eigenvalue weighted by molar-refractivity contribution is 0.0376. The highest BCUT2D eigenvalue weighted by Crippen LogP contribution is 2.32. The van der Waals surface area contributed by atoms with Crippen molar-refractivity contribution >= 4 is 5.96 Å². The number of morpholine rings is 1. The quantitative estimate of drug-likeness (QED) is 0.419. The predicted molar refractivity (Wildman–Crippen MR) is 121 cm³/mol. The maximum Gasteiger partial charge on any atom is 0.188 e. The summed E-state index contributed by atoms with van der Waals surface area (Å²) in [5, 5.41) is 3.22. The molecule has 3 N–H and O–H groups in total. The molecule has 160 valence electrons. The molecule has 0 radical (unpaired) electrons. The lowest BCUT2D eigenvalue weighted by atomic mass is 10.00. The van der Waals surface area contributed by atoms with Crippen LogP contribution in [0.5, 0.6) is 5.75 Å². The molecule has 2 heterocycles. The summed E-state index contributed by atoms with van der Waals surface area (Å²) in [6.45, 7) is 8.34. The fourth-order valence-electron chi connectivity index (χ4n) is 3.98. The summed E-state index contributed by atoms with van der Waals surface area (Å²) in [7, 11) is 0. The first-order valence-corrected chi connectivity index (χ1v) is 10.9. The van der Waals surface area contributed by atoms with Crippen molar-refractivity contribution in [3.63, 3.8) is 0 Å². The molecule has 2 aromatic carbocycles. The van der Waals surface area contributed by atoms with Crippen molar-refractivity contribution < 1.29 is 9.47 Å². The minimum Gasteiger partial charge on any atom is -0.490 e. The molecule has 4 rings (SSSR count). The number of rotatable bonds is 7. The Kier molecular flexibility index (Phi) is 6.87. The van der Waals surface area contributed by atoms with E-state index in [-0.39, 0.29) is 6.10 Å². The molecule has 6 heteroatoms. The number of aliphatic imine (C=N–C) groups is 1. The molecule has 0 bridgehead atoms. The molecule has 1 unspecified atom stereocenters. The van der Waals surface area contributed by atoms with E-state index < -0.39 is 0 Å². The summed E-state index contributed by atoms with van der Waals surface area (Å²) in [5.41, 5.74) is 10.9. The normalized spacial score (nSPS) is 19.4. The van der Waals surface area contributed by atoms with Crippen LogP contribution in [0.2, 0.25) is 0 Å². The van der Waals surface area contributed by atoms with E-state index in [0.29, 0.717) is 12.5 Å². The summed E-state index contributed by atoms with van der Waals surface area (Å²) in [5.74, 6) is 1.53. The third-order valence-corrected chi connectivity index (χ3v) is 5.68. The van der Waals surface area contributed by atoms with Gasteiger partial charge in [0, 0.05) is 26.1 Å². The van der Waals surface area contributed by atoms with Gasteiger partial charge in [-0.3, -0.25) is 4.90 Å². The fraction of sp³-hybridized carbons (Fsp3) is 0.458. The van der Waals surface area contributed by atoms with Gasteiger partial charge in [0.2, 0.25) is 0 Å². The molecule has 1 atom stereocenters. The van der Waals surface area contributed by atoms with Gasteiger partial charge < -0.3 is 20.5 Å². The first-order chi connectivity index (χ1) is 14.7. The molecule has 0 aliphatic carbocycles. The Morgan fingerprint density at radius 2 is 1.90 bits per heavy atom. The highest BCUT2D eigenvalue weighted by Gasteiger charge is 2.19. The highest BCUT2D eigenvalue weighted by atomic mass is 16.5. The Morgan fingerprint density at radius 3 is 2.70 bits per heavy atom. The molecule has 2 aliphatic rings. The minimum absolute atomic E-state index is 0.272. The van der Waals surface area contributed by atoms with Gasteiger partial charge >= 0.3 is 0 Å². The zero-order valence-electron chi connectivity index (χ0n) is 17.8. The number of benzene rings is 2. The van der Waals surface area contributed by atoms with E-state index in [1.165, 1.54) is 16.7 Å². The van der Waals surface area contributed by atoms with Gasteiger partial charge in [-0.15, -0.1) is 0 Å². The van der Waals surface area contributed by atoms with Crippen LogP contribution in [0.4, 0.5) is 0 Å². The molecule has 6 nitrogen and oxygen atoms in total.